The molecule has 0 radical (unpaired) electrons. The lowest BCUT2D eigenvalue weighted by Gasteiger charge is -2.09. The van der Waals surface area contributed by atoms with Crippen LogP contribution >= 0.6 is 0 Å². The molecule has 0 unspecified atom stereocenters. The Morgan fingerprint density at radius 3 is 3.17 bits per heavy atom. The number of ether oxygens (including phenoxy) is 1. The first-order valence-electron chi connectivity index (χ1n) is 5.65. The molecule has 0 atom stereocenters. The Labute approximate surface area is 104 Å². The molecule has 2 aromatic heterocycles. The van der Waals surface area contributed by atoms with Gasteiger partial charge < -0.3 is 10.1 Å². The topological polar surface area (TPSA) is 79.9 Å². The Kier molecular flexibility index (Phi) is 3.90. The summed E-state index contributed by atoms with van der Waals surface area (Å²) in [4.78, 5) is 15.8. The molecule has 0 saturated carbocycles. The normalized spacial score (nSPS) is 10.1. The monoisotopic (exact) mass is 246 g/mol. The second kappa shape index (κ2) is 5.81. The van der Waals surface area contributed by atoms with Gasteiger partial charge in [0.1, 0.15) is 11.4 Å². The SMILES string of the molecule is CCOC(=O)c1cccnc1NCc1cn[nH]c1. The highest BCUT2D eigenvalue weighted by atomic mass is 16.5. The molecule has 0 amide bonds. The lowest BCUT2D eigenvalue weighted by Crippen LogP contribution is -2.11. The van der Waals surface area contributed by atoms with E-state index < -0.39 is 0 Å². The van der Waals surface area contributed by atoms with Crippen molar-refractivity contribution in [3.8, 4) is 0 Å². The number of anilines is 1. The number of aromatic amines is 1. The summed E-state index contributed by atoms with van der Waals surface area (Å²) >= 11 is 0. The number of carbonyl (C=O) groups excluding carboxylic acids is 1. The van der Waals surface area contributed by atoms with Crippen LogP contribution in [-0.2, 0) is 11.3 Å². The van der Waals surface area contributed by atoms with Crippen LogP contribution < -0.4 is 5.32 Å². The number of aromatic nitrogens is 3. The van der Waals surface area contributed by atoms with Gasteiger partial charge in [-0.05, 0) is 19.1 Å². The second-order valence-corrected chi connectivity index (χ2v) is 3.58. The van der Waals surface area contributed by atoms with Gasteiger partial charge in [-0.3, -0.25) is 5.10 Å². The minimum absolute atomic E-state index is 0.342. The molecule has 94 valence electrons. The van der Waals surface area contributed by atoms with Crippen molar-refractivity contribution in [1.82, 2.24) is 15.2 Å². The third kappa shape index (κ3) is 2.85. The summed E-state index contributed by atoms with van der Waals surface area (Å²) in [6, 6.07) is 3.39. The van der Waals surface area contributed by atoms with Gasteiger partial charge >= 0.3 is 5.97 Å². The van der Waals surface area contributed by atoms with Crippen LogP contribution in [0.5, 0.6) is 0 Å². The van der Waals surface area contributed by atoms with E-state index in [1.165, 1.54) is 0 Å². The van der Waals surface area contributed by atoms with Crippen molar-refractivity contribution in [3.63, 3.8) is 0 Å². The average molecular weight is 246 g/mol. The summed E-state index contributed by atoms with van der Waals surface area (Å²) in [6.45, 7) is 2.65. The van der Waals surface area contributed by atoms with E-state index in [9.17, 15) is 4.79 Å². The number of pyridine rings is 1. The first-order valence-corrected chi connectivity index (χ1v) is 5.65. The van der Waals surface area contributed by atoms with E-state index >= 15 is 0 Å². The van der Waals surface area contributed by atoms with Crippen LogP contribution in [-0.4, -0.2) is 27.8 Å². The smallest absolute Gasteiger partial charge is 0.341 e. The predicted molar refractivity (Wildman–Crippen MR) is 66.1 cm³/mol. The Bertz CT molecular complexity index is 511. The van der Waals surface area contributed by atoms with Crippen molar-refractivity contribution >= 4 is 11.8 Å². The zero-order valence-electron chi connectivity index (χ0n) is 10.0. The largest absolute Gasteiger partial charge is 0.462 e. The molecule has 0 aromatic carbocycles. The van der Waals surface area contributed by atoms with Crippen molar-refractivity contribution in [1.29, 1.82) is 0 Å². The molecular formula is C12H14N4O2. The number of hydrogen-bond acceptors (Lipinski definition) is 5. The molecule has 6 nitrogen and oxygen atoms in total. The number of esters is 1. The lowest BCUT2D eigenvalue weighted by molar-refractivity contribution is 0.0527. The fourth-order valence-corrected chi connectivity index (χ4v) is 1.48. The molecule has 0 aliphatic rings. The molecule has 18 heavy (non-hydrogen) atoms. The van der Waals surface area contributed by atoms with Gasteiger partial charge in [-0.15, -0.1) is 0 Å². The zero-order chi connectivity index (χ0) is 12.8. The van der Waals surface area contributed by atoms with E-state index in [2.05, 4.69) is 20.5 Å². The Morgan fingerprint density at radius 2 is 2.44 bits per heavy atom. The first-order chi connectivity index (χ1) is 8.81. The van der Waals surface area contributed by atoms with E-state index in [0.29, 0.717) is 24.5 Å². The summed E-state index contributed by atoms with van der Waals surface area (Å²) in [6.07, 6.45) is 5.11. The van der Waals surface area contributed by atoms with Crippen LogP contribution in [0, 0.1) is 0 Å². The van der Waals surface area contributed by atoms with E-state index in [-0.39, 0.29) is 5.97 Å². The molecule has 0 bridgehead atoms. The van der Waals surface area contributed by atoms with E-state index in [4.69, 9.17) is 4.74 Å². The second-order valence-electron chi connectivity index (χ2n) is 3.58. The quantitative estimate of drug-likeness (QED) is 0.783. The van der Waals surface area contributed by atoms with Crippen molar-refractivity contribution < 1.29 is 9.53 Å². The maximum Gasteiger partial charge on any atom is 0.341 e. The lowest BCUT2D eigenvalue weighted by atomic mass is 10.2. The molecule has 0 fully saturated rings. The van der Waals surface area contributed by atoms with Crippen LogP contribution in [0.25, 0.3) is 0 Å². The summed E-state index contributed by atoms with van der Waals surface area (Å²) in [5.41, 5.74) is 1.42. The van der Waals surface area contributed by atoms with Crippen LogP contribution in [0.4, 0.5) is 5.82 Å². The average Bonchev–Trinajstić information content (AvgIpc) is 2.90. The van der Waals surface area contributed by atoms with Crippen LogP contribution in [0.2, 0.25) is 0 Å². The van der Waals surface area contributed by atoms with Crippen molar-refractivity contribution in [2.24, 2.45) is 0 Å². The Balaban J connectivity index is 2.09. The molecule has 0 spiro atoms. The first kappa shape index (κ1) is 12.1. The fraction of sp³-hybridized carbons (Fsp3) is 0.250. The molecule has 2 N–H and O–H groups in total. The number of carbonyl (C=O) groups is 1. The number of hydrogen-bond donors (Lipinski definition) is 2. The van der Waals surface area contributed by atoms with E-state index in [1.54, 1.807) is 37.6 Å². The van der Waals surface area contributed by atoms with Crippen LogP contribution in [0.3, 0.4) is 0 Å². The van der Waals surface area contributed by atoms with Gasteiger partial charge in [0, 0.05) is 24.5 Å². The minimum atomic E-state index is -0.375. The molecule has 0 saturated heterocycles. The van der Waals surface area contributed by atoms with Crippen molar-refractivity contribution in [3.05, 3.63) is 41.9 Å². The summed E-state index contributed by atoms with van der Waals surface area (Å²) in [5, 5.41) is 9.65. The van der Waals surface area contributed by atoms with E-state index in [1.807, 2.05) is 0 Å². The minimum Gasteiger partial charge on any atom is -0.462 e. The van der Waals surface area contributed by atoms with Gasteiger partial charge in [0.2, 0.25) is 0 Å². The highest BCUT2D eigenvalue weighted by Crippen LogP contribution is 2.13. The Hall–Kier alpha value is -2.37. The molecule has 0 aliphatic heterocycles. The maximum atomic E-state index is 11.7. The number of rotatable bonds is 5. The molecule has 0 aliphatic carbocycles. The molecule has 2 aromatic rings. The summed E-state index contributed by atoms with van der Waals surface area (Å²) < 4.78 is 4.97. The third-order valence-corrected chi connectivity index (χ3v) is 2.32. The van der Waals surface area contributed by atoms with Gasteiger partial charge in [-0.25, -0.2) is 9.78 Å². The van der Waals surface area contributed by atoms with Gasteiger partial charge in [-0.2, -0.15) is 5.10 Å². The van der Waals surface area contributed by atoms with Gasteiger partial charge in [0.25, 0.3) is 0 Å². The Morgan fingerprint density at radius 1 is 1.56 bits per heavy atom. The van der Waals surface area contributed by atoms with Gasteiger partial charge in [-0.1, -0.05) is 0 Å². The molecule has 6 heteroatoms. The van der Waals surface area contributed by atoms with E-state index in [0.717, 1.165) is 5.56 Å². The molecule has 2 heterocycles. The summed E-state index contributed by atoms with van der Waals surface area (Å²) in [5.74, 6) is 0.137. The highest BCUT2D eigenvalue weighted by molar-refractivity contribution is 5.94. The molecule has 2 rings (SSSR count). The zero-order valence-corrected chi connectivity index (χ0v) is 10.0. The van der Waals surface area contributed by atoms with Gasteiger partial charge in [0.05, 0.1) is 12.8 Å². The number of nitrogens with zero attached hydrogens (tertiary/aromatic N) is 2. The van der Waals surface area contributed by atoms with Gasteiger partial charge in [0.15, 0.2) is 0 Å². The maximum absolute atomic E-state index is 11.7. The fourth-order valence-electron chi connectivity index (χ4n) is 1.48. The van der Waals surface area contributed by atoms with Crippen LogP contribution in [0.15, 0.2) is 30.7 Å². The predicted octanol–water partition coefficient (Wildman–Crippen LogP) is 1.59. The number of H-pyrrole nitrogens is 1. The standard InChI is InChI=1S/C12H14N4O2/c1-2-18-12(17)10-4-3-5-13-11(10)14-6-9-7-15-16-8-9/h3-5,7-8H,2,6H2,1H3,(H,13,14)(H,15,16). The van der Waals surface area contributed by atoms with Crippen molar-refractivity contribution in [2.45, 2.75) is 13.5 Å². The summed E-state index contributed by atoms with van der Waals surface area (Å²) in [7, 11) is 0. The van der Waals surface area contributed by atoms with Crippen molar-refractivity contribution in [2.75, 3.05) is 11.9 Å². The van der Waals surface area contributed by atoms with Crippen LogP contribution in [0.1, 0.15) is 22.8 Å². The highest BCUT2D eigenvalue weighted by Gasteiger charge is 2.12. The number of nitrogens with one attached hydrogen (secondary N) is 2. The third-order valence-electron chi connectivity index (χ3n) is 2.32. The molecular weight excluding hydrogens is 232 g/mol.